The van der Waals surface area contributed by atoms with Crippen molar-refractivity contribution < 1.29 is 0 Å². The van der Waals surface area contributed by atoms with E-state index in [1.54, 1.807) is 0 Å². The molecule has 2 rings (SSSR count). The van der Waals surface area contributed by atoms with Crippen LogP contribution in [0.4, 0.5) is 0 Å². The van der Waals surface area contributed by atoms with Gasteiger partial charge in [-0.05, 0) is 36.7 Å². The molecule has 1 atom stereocenters. The molecule has 2 aromatic rings. The van der Waals surface area contributed by atoms with Crippen LogP contribution in [0.15, 0.2) is 48.7 Å². The summed E-state index contributed by atoms with van der Waals surface area (Å²) in [6.07, 6.45) is 2.90. The van der Waals surface area contributed by atoms with Crippen molar-refractivity contribution in [1.29, 1.82) is 0 Å². The smallest absolute Gasteiger partial charge is 0.0544 e. The first-order valence-electron chi connectivity index (χ1n) is 7.13. The van der Waals surface area contributed by atoms with E-state index in [4.69, 9.17) is 5.73 Å². The molecule has 2 N–H and O–H groups in total. The highest BCUT2D eigenvalue weighted by atomic mass is 15.1. The van der Waals surface area contributed by atoms with E-state index >= 15 is 0 Å². The van der Waals surface area contributed by atoms with Crippen LogP contribution in [0, 0.1) is 0 Å². The minimum absolute atomic E-state index is 0.225. The quantitative estimate of drug-likeness (QED) is 0.877. The minimum Gasteiger partial charge on any atom is -0.329 e. The van der Waals surface area contributed by atoms with Gasteiger partial charge in [0.2, 0.25) is 0 Å². The summed E-state index contributed by atoms with van der Waals surface area (Å²) in [7, 11) is 2.10. The molecule has 0 aliphatic carbocycles. The fraction of sp³-hybridized carbons (Fsp3) is 0.353. The van der Waals surface area contributed by atoms with E-state index in [1.807, 2.05) is 24.4 Å². The molecule has 0 spiro atoms. The minimum atomic E-state index is 0.225. The van der Waals surface area contributed by atoms with Gasteiger partial charge in [0, 0.05) is 25.3 Å². The Kier molecular flexibility index (Phi) is 5.27. The van der Waals surface area contributed by atoms with Crippen molar-refractivity contribution in [2.24, 2.45) is 5.73 Å². The Morgan fingerprint density at radius 2 is 1.90 bits per heavy atom. The maximum atomic E-state index is 5.97. The van der Waals surface area contributed by atoms with Crippen molar-refractivity contribution in [2.75, 3.05) is 13.6 Å². The molecular formula is C17H23N3. The molecule has 106 valence electrons. The van der Waals surface area contributed by atoms with Crippen molar-refractivity contribution in [3.63, 3.8) is 0 Å². The second kappa shape index (κ2) is 7.17. The molecule has 0 saturated carbocycles. The van der Waals surface area contributed by atoms with Crippen LogP contribution >= 0.6 is 0 Å². The summed E-state index contributed by atoms with van der Waals surface area (Å²) in [5, 5.41) is 0. The van der Waals surface area contributed by atoms with Crippen molar-refractivity contribution in [3.8, 4) is 0 Å². The molecule has 0 aliphatic rings. The van der Waals surface area contributed by atoms with E-state index in [0.29, 0.717) is 6.54 Å². The van der Waals surface area contributed by atoms with Crippen molar-refractivity contribution >= 4 is 0 Å². The van der Waals surface area contributed by atoms with Gasteiger partial charge in [0.1, 0.15) is 0 Å². The van der Waals surface area contributed by atoms with Gasteiger partial charge < -0.3 is 5.73 Å². The van der Waals surface area contributed by atoms with E-state index < -0.39 is 0 Å². The van der Waals surface area contributed by atoms with Gasteiger partial charge in [-0.2, -0.15) is 0 Å². The summed E-state index contributed by atoms with van der Waals surface area (Å²) in [5.74, 6) is 0. The normalized spacial score (nSPS) is 12.6. The number of benzene rings is 1. The number of pyridine rings is 1. The van der Waals surface area contributed by atoms with Crippen LogP contribution in [0.25, 0.3) is 0 Å². The van der Waals surface area contributed by atoms with Gasteiger partial charge in [0.15, 0.2) is 0 Å². The molecule has 0 aliphatic heterocycles. The largest absolute Gasteiger partial charge is 0.329 e. The topological polar surface area (TPSA) is 42.1 Å². The molecule has 1 aromatic heterocycles. The molecule has 0 radical (unpaired) electrons. The lowest BCUT2D eigenvalue weighted by atomic mass is 10.0. The van der Waals surface area contributed by atoms with Crippen molar-refractivity contribution in [2.45, 2.75) is 25.9 Å². The fourth-order valence-corrected chi connectivity index (χ4v) is 2.40. The first-order chi connectivity index (χ1) is 9.74. The standard InChI is InChI=1S/C17H23N3/c1-3-14-7-9-15(10-8-14)17(12-18)20(2)13-16-6-4-5-11-19-16/h4-11,17H,3,12-13,18H2,1-2H3. The van der Waals surface area contributed by atoms with Crippen LogP contribution in [0.1, 0.15) is 29.8 Å². The molecule has 1 aromatic carbocycles. The van der Waals surface area contributed by atoms with Crippen LogP contribution in [-0.4, -0.2) is 23.5 Å². The Labute approximate surface area is 121 Å². The second-order valence-electron chi connectivity index (χ2n) is 5.08. The summed E-state index contributed by atoms with van der Waals surface area (Å²) in [6, 6.07) is 15.0. The van der Waals surface area contributed by atoms with Crippen LogP contribution in [0.3, 0.4) is 0 Å². The van der Waals surface area contributed by atoms with E-state index in [9.17, 15) is 0 Å². The van der Waals surface area contributed by atoms with Gasteiger partial charge in [0.25, 0.3) is 0 Å². The Hall–Kier alpha value is -1.71. The van der Waals surface area contributed by atoms with Crippen LogP contribution in [-0.2, 0) is 13.0 Å². The molecule has 1 heterocycles. The number of nitrogens with zero attached hydrogens (tertiary/aromatic N) is 2. The number of likely N-dealkylation sites (N-methyl/N-ethyl adjacent to an activating group) is 1. The van der Waals surface area contributed by atoms with Gasteiger partial charge in [-0.3, -0.25) is 9.88 Å². The third kappa shape index (κ3) is 3.65. The zero-order chi connectivity index (χ0) is 14.4. The van der Waals surface area contributed by atoms with Gasteiger partial charge in [-0.1, -0.05) is 37.3 Å². The lowest BCUT2D eigenvalue weighted by Gasteiger charge is -2.27. The third-order valence-electron chi connectivity index (χ3n) is 3.67. The van der Waals surface area contributed by atoms with E-state index in [0.717, 1.165) is 18.7 Å². The summed E-state index contributed by atoms with van der Waals surface area (Å²) in [4.78, 5) is 6.63. The van der Waals surface area contributed by atoms with E-state index in [-0.39, 0.29) is 6.04 Å². The summed E-state index contributed by atoms with van der Waals surface area (Å²) < 4.78 is 0. The predicted molar refractivity (Wildman–Crippen MR) is 83.3 cm³/mol. The molecule has 1 unspecified atom stereocenters. The molecule has 20 heavy (non-hydrogen) atoms. The number of aryl methyl sites for hydroxylation is 1. The summed E-state index contributed by atoms with van der Waals surface area (Å²) >= 11 is 0. The average molecular weight is 269 g/mol. The van der Waals surface area contributed by atoms with Gasteiger partial charge in [-0.15, -0.1) is 0 Å². The Morgan fingerprint density at radius 1 is 1.15 bits per heavy atom. The van der Waals surface area contributed by atoms with Crippen molar-refractivity contribution in [3.05, 3.63) is 65.5 Å². The van der Waals surface area contributed by atoms with Gasteiger partial charge >= 0.3 is 0 Å². The highest BCUT2D eigenvalue weighted by molar-refractivity contribution is 5.25. The maximum absolute atomic E-state index is 5.97. The molecule has 0 bridgehead atoms. The van der Waals surface area contributed by atoms with Crippen LogP contribution < -0.4 is 5.73 Å². The predicted octanol–water partition coefficient (Wildman–Crippen LogP) is 2.78. The number of hydrogen-bond donors (Lipinski definition) is 1. The van der Waals surface area contributed by atoms with Gasteiger partial charge in [0.05, 0.1) is 5.69 Å². The van der Waals surface area contributed by atoms with Crippen LogP contribution in [0.5, 0.6) is 0 Å². The van der Waals surface area contributed by atoms with Crippen molar-refractivity contribution in [1.82, 2.24) is 9.88 Å². The first kappa shape index (κ1) is 14.7. The molecule has 0 saturated heterocycles. The highest BCUT2D eigenvalue weighted by Gasteiger charge is 2.15. The monoisotopic (exact) mass is 269 g/mol. The van der Waals surface area contributed by atoms with Gasteiger partial charge in [-0.25, -0.2) is 0 Å². The number of hydrogen-bond acceptors (Lipinski definition) is 3. The number of rotatable bonds is 6. The molecule has 3 nitrogen and oxygen atoms in total. The number of aromatic nitrogens is 1. The fourth-order valence-electron chi connectivity index (χ4n) is 2.40. The second-order valence-corrected chi connectivity index (χ2v) is 5.08. The molecule has 3 heteroatoms. The summed E-state index contributed by atoms with van der Waals surface area (Å²) in [6.45, 7) is 3.58. The van der Waals surface area contributed by atoms with Crippen LogP contribution in [0.2, 0.25) is 0 Å². The third-order valence-corrected chi connectivity index (χ3v) is 3.67. The average Bonchev–Trinajstić information content (AvgIpc) is 2.49. The molecule has 0 amide bonds. The Morgan fingerprint density at radius 3 is 2.45 bits per heavy atom. The zero-order valence-corrected chi connectivity index (χ0v) is 12.3. The lowest BCUT2D eigenvalue weighted by Crippen LogP contribution is -2.30. The van der Waals surface area contributed by atoms with E-state index in [2.05, 4.69) is 48.1 Å². The first-order valence-corrected chi connectivity index (χ1v) is 7.13. The Bertz CT molecular complexity index is 508. The van der Waals surface area contributed by atoms with E-state index in [1.165, 1.54) is 11.1 Å². The Balaban J connectivity index is 2.10. The molecular weight excluding hydrogens is 246 g/mol. The summed E-state index contributed by atoms with van der Waals surface area (Å²) in [5.41, 5.74) is 9.66. The molecule has 0 fully saturated rings. The lowest BCUT2D eigenvalue weighted by molar-refractivity contribution is 0.239. The zero-order valence-electron chi connectivity index (χ0n) is 12.3. The maximum Gasteiger partial charge on any atom is 0.0544 e. The number of nitrogens with two attached hydrogens (primary N) is 1. The SMILES string of the molecule is CCc1ccc(C(CN)N(C)Cc2ccccn2)cc1. The highest BCUT2D eigenvalue weighted by Crippen LogP contribution is 2.20.